The number of fused-ring (bicyclic) bond motifs is 1. The highest BCUT2D eigenvalue weighted by Gasteiger charge is 2.22. The van der Waals surface area contributed by atoms with Crippen molar-refractivity contribution in [2.45, 2.75) is 25.6 Å². The van der Waals surface area contributed by atoms with E-state index in [0.717, 1.165) is 18.4 Å². The summed E-state index contributed by atoms with van der Waals surface area (Å²) in [5.74, 6) is 0.726. The van der Waals surface area contributed by atoms with Crippen LogP contribution in [0.3, 0.4) is 0 Å². The number of rotatable bonds is 5. The number of aromatic hydroxyl groups is 1. The third-order valence-electron chi connectivity index (χ3n) is 4.31. The van der Waals surface area contributed by atoms with Gasteiger partial charge >= 0.3 is 6.08 Å². The third-order valence-corrected chi connectivity index (χ3v) is 4.31. The molecule has 1 aliphatic rings. The zero-order chi connectivity index (χ0) is 18.1. The predicted molar refractivity (Wildman–Crippen MR) is 91.5 cm³/mol. The van der Waals surface area contributed by atoms with E-state index in [1.54, 1.807) is 23.0 Å². The van der Waals surface area contributed by atoms with Gasteiger partial charge in [-0.2, -0.15) is 14.4 Å². The van der Waals surface area contributed by atoms with E-state index >= 15 is 0 Å². The summed E-state index contributed by atoms with van der Waals surface area (Å²) < 4.78 is 26.4. The molecule has 136 valence electrons. The maximum absolute atomic E-state index is 13.9. The Balaban J connectivity index is 1.62. The van der Waals surface area contributed by atoms with E-state index in [-0.39, 0.29) is 12.0 Å². The van der Waals surface area contributed by atoms with Crippen LogP contribution in [0.2, 0.25) is 0 Å². The van der Waals surface area contributed by atoms with Crippen molar-refractivity contribution in [2.24, 2.45) is 0 Å². The van der Waals surface area contributed by atoms with Crippen LogP contribution in [0.1, 0.15) is 24.6 Å². The van der Waals surface area contributed by atoms with Crippen molar-refractivity contribution in [3.05, 3.63) is 36.2 Å². The van der Waals surface area contributed by atoms with Gasteiger partial charge in [-0.25, -0.2) is 4.98 Å². The van der Waals surface area contributed by atoms with Crippen molar-refractivity contribution >= 4 is 17.0 Å². The fourth-order valence-electron chi connectivity index (χ4n) is 3.02. The zero-order valence-electron chi connectivity index (χ0n) is 14.1. The lowest BCUT2D eigenvalue weighted by Crippen LogP contribution is -2.09. The fraction of sp³-hybridized carbons (Fsp3) is 0.353. The Morgan fingerprint density at radius 3 is 3.08 bits per heavy atom. The standard InChI is InChI=1S/C17H18FN5O3/c1-25-12-7-10(4-5-11(12)24)8-19-15-14-16(22-17(18)21-15)23(9-20-14)13-3-2-6-26-13/h4-5,7,9,13,24H,2-3,6,8H2,1H3,(H,19,21,22). The molecule has 0 radical (unpaired) electrons. The quantitative estimate of drug-likeness (QED) is 0.676. The molecule has 0 saturated carbocycles. The molecule has 1 saturated heterocycles. The smallest absolute Gasteiger partial charge is 0.312 e. The van der Waals surface area contributed by atoms with E-state index < -0.39 is 6.08 Å². The van der Waals surface area contributed by atoms with E-state index in [1.165, 1.54) is 13.2 Å². The van der Waals surface area contributed by atoms with Gasteiger partial charge in [0.05, 0.1) is 13.4 Å². The maximum Gasteiger partial charge on any atom is 0.312 e. The van der Waals surface area contributed by atoms with Crippen molar-refractivity contribution in [3.63, 3.8) is 0 Å². The fourth-order valence-corrected chi connectivity index (χ4v) is 3.02. The molecular weight excluding hydrogens is 341 g/mol. The lowest BCUT2D eigenvalue weighted by atomic mass is 10.2. The molecule has 0 amide bonds. The van der Waals surface area contributed by atoms with Crippen LogP contribution in [0.15, 0.2) is 24.5 Å². The van der Waals surface area contributed by atoms with Gasteiger partial charge in [-0.15, -0.1) is 0 Å². The minimum atomic E-state index is -0.831. The third kappa shape index (κ3) is 3.01. The van der Waals surface area contributed by atoms with Crippen molar-refractivity contribution in [2.75, 3.05) is 19.0 Å². The van der Waals surface area contributed by atoms with Gasteiger partial charge in [0, 0.05) is 13.2 Å². The lowest BCUT2D eigenvalue weighted by Gasteiger charge is -2.12. The normalized spacial score (nSPS) is 16.9. The molecule has 2 aromatic heterocycles. The molecule has 3 heterocycles. The number of nitrogens with zero attached hydrogens (tertiary/aromatic N) is 4. The number of hydrogen-bond acceptors (Lipinski definition) is 7. The number of phenols is 1. The first-order valence-electron chi connectivity index (χ1n) is 8.27. The second-order valence-corrected chi connectivity index (χ2v) is 5.99. The minimum Gasteiger partial charge on any atom is -0.504 e. The molecule has 1 aliphatic heterocycles. The Morgan fingerprint density at radius 1 is 1.42 bits per heavy atom. The summed E-state index contributed by atoms with van der Waals surface area (Å²) in [6.45, 7) is 1.03. The van der Waals surface area contributed by atoms with Gasteiger partial charge in [0.25, 0.3) is 0 Å². The summed E-state index contributed by atoms with van der Waals surface area (Å²) >= 11 is 0. The second-order valence-electron chi connectivity index (χ2n) is 5.99. The van der Waals surface area contributed by atoms with Crippen molar-refractivity contribution < 1.29 is 19.0 Å². The number of imidazole rings is 1. The minimum absolute atomic E-state index is 0.0574. The van der Waals surface area contributed by atoms with Crippen molar-refractivity contribution in [1.29, 1.82) is 0 Å². The Hall–Kier alpha value is -2.94. The first-order valence-corrected chi connectivity index (χ1v) is 8.27. The number of nitrogens with one attached hydrogen (secondary N) is 1. The number of aromatic nitrogens is 4. The zero-order valence-corrected chi connectivity index (χ0v) is 14.1. The number of halogens is 1. The number of phenolic OH excluding ortho intramolecular Hbond substituents is 1. The first-order chi connectivity index (χ1) is 12.7. The van der Waals surface area contributed by atoms with Crippen LogP contribution in [0.4, 0.5) is 10.2 Å². The molecule has 0 bridgehead atoms. The topological polar surface area (TPSA) is 94.3 Å². The van der Waals surface area contributed by atoms with Gasteiger partial charge in [-0.05, 0) is 30.5 Å². The summed E-state index contributed by atoms with van der Waals surface area (Å²) in [6, 6.07) is 4.98. The van der Waals surface area contributed by atoms with Gasteiger partial charge in [0.2, 0.25) is 0 Å². The molecule has 1 aromatic carbocycles. The molecule has 0 spiro atoms. The maximum atomic E-state index is 13.9. The Morgan fingerprint density at radius 2 is 2.31 bits per heavy atom. The highest BCUT2D eigenvalue weighted by Crippen LogP contribution is 2.29. The number of hydrogen-bond donors (Lipinski definition) is 2. The van der Waals surface area contributed by atoms with Crippen LogP contribution < -0.4 is 10.1 Å². The molecule has 8 nitrogen and oxygen atoms in total. The second kappa shape index (κ2) is 6.75. The van der Waals surface area contributed by atoms with Gasteiger partial charge in [-0.3, -0.25) is 4.57 Å². The molecule has 3 aromatic rings. The van der Waals surface area contributed by atoms with E-state index in [2.05, 4.69) is 20.3 Å². The number of anilines is 1. The van der Waals surface area contributed by atoms with Crippen LogP contribution >= 0.6 is 0 Å². The number of methoxy groups -OCH3 is 1. The summed E-state index contributed by atoms with van der Waals surface area (Å²) in [5, 5.41) is 12.7. The number of ether oxygens (including phenoxy) is 2. The molecule has 4 rings (SSSR count). The average Bonchev–Trinajstić information content (AvgIpc) is 3.29. The Kier molecular flexibility index (Phi) is 4.29. The van der Waals surface area contributed by atoms with Crippen LogP contribution in [0.25, 0.3) is 11.2 Å². The van der Waals surface area contributed by atoms with E-state index in [4.69, 9.17) is 9.47 Å². The summed E-state index contributed by atoms with van der Waals surface area (Å²) in [6.07, 6.45) is 2.38. The van der Waals surface area contributed by atoms with Crippen LogP contribution in [0.5, 0.6) is 11.5 Å². The lowest BCUT2D eigenvalue weighted by molar-refractivity contribution is 0.0592. The van der Waals surface area contributed by atoms with Crippen molar-refractivity contribution in [1.82, 2.24) is 19.5 Å². The largest absolute Gasteiger partial charge is 0.504 e. The molecular formula is C17H18FN5O3. The van der Waals surface area contributed by atoms with Gasteiger partial charge in [-0.1, -0.05) is 6.07 Å². The van der Waals surface area contributed by atoms with Crippen LogP contribution in [-0.2, 0) is 11.3 Å². The first kappa shape index (κ1) is 16.5. The van der Waals surface area contributed by atoms with Gasteiger partial charge < -0.3 is 19.9 Å². The molecule has 9 heteroatoms. The Labute approximate surface area is 148 Å². The summed E-state index contributed by atoms with van der Waals surface area (Å²) in [4.78, 5) is 12.0. The average molecular weight is 359 g/mol. The monoisotopic (exact) mass is 359 g/mol. The predicted octanol–water partition coefficient (Wildman–Crippen LogP) is 2.60. The molecule has 1 atom stereocenters. The molecule has 1 fully saturated rings. The summed E-state index contributed by atoms with van der Waals surface area (Å²) in [5.41, 5.74) is 1.72. The molecule has 26 heavy (non-hydrogen) atoms. The van der Waals surface area contributed by atoms with Crippen LogP contribution in [0, 0.1) is 6.08 Å². The summed E-state index contributed by atoms with van der Waals surface area (Å²) in [7, 11) is 1.48. The highest BCUT2D eigenvalue weighted by molar-refractivity contribution is 5.82. The SMILES string of the molecule is COc1cc(CNc2nc(F)nc3c2ncn3C2CCCO2)ccc1O. The molecule has 0 aliphatic carbocycles. The van der Waals surface area contributed by atoms with Crippen molar-refractivity contribution in [3.8, 4) is 11.5 Å². The van der Waals surface area contributed by atoms with Crippen LogP contribution in [-0.4, -0.2) is 38.3 Å². The number of benzene rings is 1. The van der Waals surface area contributed by atoms with Gasteiger partial charge in [0.15, 0.2) is 28.5 Å². The van der Waals surface area contributed by atoms with E-state index in [9.17, 15) is 9.50 Å². The van der Waals surface area contributed by atoms with Gasteiger partial charge in [0.1, 0.15) is 6.23 Å². The van der Waals surface area contributed by atoms with E-state index in [0.29, 0.717) is 35.9 Å². The molecule has 1 unspecified atom stereocenters. The Bertz CT molecular complexity index is 940. The highest BCUT2D eigenvalue weighted by atomic mass is 19.1. The van der Waals surface area contributed by atoms with E-state index in [1.807, 2.05) is 0 Å². The molecule has 2 N–H and O–H groups in total.